The number of halogens is 1. The van der Waals surface area contributed by atoms with Crippen molar-refractivity contribution in [2.45, 2.75) is 44.1 Å². The van der Waals surface area contributed by atoms with Gasteiger partial charge in [0.05, 0.1) is 11.9 Å². The number of nitrogens with zero attached hydrogens (tertiary/aromatic N) is 1. The topological polar surface area (TPSA) is 29.5 Å². The van der Waals surface area contributed by atoms with E-state index in [0.29, 0.717) is 18.5 Å². The molecule has 0 N–H and O–H groups in total. The number of ether oxygens (including phenoxy) is 1. The second kappa shape index (κ2) is 6.61. The summed E-state index contributed by atoms with van der Waals surface area (Å²) in [4.78, 5) is 14.5. The van der Waals surface area contributed by atoms with E-state index in [4.69, 9.17) is 4.74 Å². The lowest BCUT2D eigenvalue weighted by Gasteiger charge is -2.26. The van der Waals surface area contributed by atoms with Crippen LogP contribution < -0.4 is 4.74 Å². The summed E-state index contributed by atoms with van der Waals surface area (Å²) in [5, 5.41) is 0. The largest absolute Gasteiger partial charge is 0.497 e. The lowest BCUT2D eigenvalue weighted by Crippen LogP contribution is -2.39. The Kier molecular flexibility index (Phi) is 5.08. The Labute approximate surface area is 129 Å². The van der Waals surface area contributed by atoms with Crippen molar-refractivity contribution in [2.75, 3.05) is 7.11 Å². The van der Waals surface area contributed by atoms with E-state index in [0.717, 1.165) is 24.2 Å². The van der Waals surface area contributed by atoms with E-state index in [-0.39, 0.29) is 10.7 Å². The van der Waals surface area contributed by atoms with Crippen LogP contribution in [0.1, 0.15) is 32.3 Å². The van der Waals surface area contributed by atoms with Crippen molar-refractivity contribution < 1.29 is 9.53 Å². The Hall–Kier alpha value is -1.03. The van der Waals surface area contributed by atoms with Gasteiger partial charge in [0.15, 0.2) is 0 Å². The van der Waals surface area contributed by atoms with Gasteiger partial charge in [-0.25, -0.2) is 0 Å². The van der Waals surface area contributed by atoms with Crippen LogP contribution >= 0.6 is 15.9 Å². The molecule has 1 aliphatic carbocycles. The Balaban J connectivity index is 2.07. The van der Waals surface area contributed by atoms with Crippen LogP contribution in [-0.2, 0) is 11.3 Å². The van der Waals surface area contributed by atoms with Crippen LogP contribution in [0, 0.1) is 5.92 Å². The fraction of sp³-hybridized carbons (Fsp3) is 0.562. The molecular formula is C16H22BrNO2. The number of hydrogen-bond donors (Lipinski definition) is 0. The predicted molar refractivity (Wildman–Crippen MR) is 84.1 cm³/mol. The predicted octanol–water partition coefficient (Wildman–Crippen LogP) is 3.61. The number of methoxy groups -OCH3 is 1. The number of carbonyl (C=O) groups is 1. The Bertz CT molecular complexity index is 454. The number of rotatable bonds is 6. The summed E-state index contributed by atoms with van der Waals surface area (Å²) in [5.41, 5.74) is 1.15. The first-order valence-electron chi connectivity index (χ1n) is 7.10. The van der Waals surface area contributed by atoms with E-state index in [1.807, 2.05) is 29.2 Å². The fourth-order valence-corrected chi connectivity index (χ4v) is 2.41. The van der Waals surface area contributed by atoms with Crippen LogP contribution in [0.3, 0.4) is 0 Å². The van der Waals surface area contributed by atoms with Gasteiger partial charge < -0.3 is 9.64 Å². The van der Waals surface area contributed by atoms with Crippen LogP contribution in [0.5, 0.6) is 5.75 Å². The molecule has 2 rings (SSSR count). The molecule has 110 valence electrons. The summed E-state index contributed by atoms with van der Waals surface area (Å²) >= 11 is 3.53. The van der Waals surface area contributed by atoms with Crippen LogP contribution in [-0.4, -0.2) is 28.8 Å². The molecule has 1 saturated carbocycles. The first-order chi connectivity index (χ1) is 9.52. The number of benzene rings is 1. The minimum atomic E-state index is -0.0960. The van der Waals surface area contributed by atoms with Crippen molar-refractivity contribution in [1.82, 2.24) is 4.90 Å². The third-order valence-electron chi connectivity index (χ3n) is 3.60. The Morgan fingerprint density at radius 3 is 2.40 bits per heavy atom. The minimum Gasteiger partial charge on any atom is -0.497 e. The average Bonchev–Trinajstić information content (AvgIpc) is 3.28. The van der Waals surface area contributed by atoms with E-state index >= 15 is 0 Å². The lowest BCUT2D eigenvalue weighted by atomic mass is 10.1. The smallest absolute Gasteiger partial charge is 0.237 e. The second-order valence-corrected chi connectivity index (χ2v) is 6.68. The molecule has 1 amide bonds. The fourth-order valence-electron chi connectivity index (χ4n) is 2.14. The molecule has 0 spiro atoms. The highest BCUT2D eigenvalue weighted by molar-refractivity contribution is 9.10. The van der Waals surface area contributed by atoms with Gasteiger partial charge in [-0.05, 0) is 36.5 Å². The van der Waals surface area contributed by atoms with Crippen LogP contribution in [0.25, 0.3) is 0 Å². The molecular weight excluding hydrogens is 318 g/mol. The maximum Gasteiger partial charge on any atom is 0.237 e. The molecule has 0 saturated heterocycles. The molecule has 0 heterocycles. The van der Waals surface area contributed by atoms with Gasteiger partial charge in [-0.15, -0.1) is 0 Å². The molecule has 1 atom stereocenters. The Morgan fingerprint density at radius 2 is 1.95 bits per heavy atom. The van der Waals surface area contributed by atoms with Gasteiger partial charge in [0.1, 0.15) is 5.75 Å². The van der Waals surface area contributed by atoms with Crippen LogP contribution in [0.4, 0.5) is 0 Å². The van der Waals surface area contributed by atoms with Crippen molar-refractivity contribution in [1.29, 1.82) is 0 Å². The third-order valence-corrected chi connectivity index (χ3v) is 5.05. The summed E-state index contributed by atoms with van der Waals surface area (Å²) in [5.74, 6) is 1.36. The van der Waals surface area contributed by atoms with E-state index in [2.05, 4.69) is 29.8 Å². The summed E-state index contributed by atoms with van der Waals surface area (Å²) in [7, 11) is 1.66. The monoisotopic (exact) mass is 339 g/mol. The average molecular weight is 340 g/mol. The first-order valence-corrected chi connectivity index (χ1v) is 8.02. The van der Waals surface area contributed by atoms with Gasteiger partial charge in [0, 0.05) is 12.6 Å². The van der Waals surface area contributed by atoms with Crippen molar-refractivity contribution in [2.24, 2.45) is 5.92 Å². The first kappa shape index (κ1) is 15.4. The van der Waals surface area contributed by atoms with Gasteiger partial charge in [0.25, 0.3) is 0 Å². The minimum absolute atomic E-state index is 0.0960. The van der Waals surface area contributed by atoms with E-state index in [1.165, 1.54) is 0 Å². The van der Waals surface area contributed by atoms with Gasteiger partial charge in [-0.1, -0.05) is 41.9 Å². The molecule has 1 unspecified atom stereocenters. The molecule has 3 nitrogen and oxygen atoms in total. The van der Waals surface area contributed by atoms with E-state index < -0.39 is 0 Å². The number of alkyl halides is 1. The Morgan fingerprint density at radius 1 is 1.35 bits per heavy atom. The van der Waals surface area contributed by atoms with Crippen LogP contribution in [0.2, 0.25) is 0 Å². The molecule has 1 fully saturated rings. The van der Waals surface area contributed by atoms with E-state index in [1.54, 1.807) is 7.11 Å². The standard InChI is InChI=1S/C16H22BrNO2/c1-11(2)15(17)16(19)18(13-6-7-13)10-12-4-8-14(20-3)9-5-12/h4-5,8-9,11,13,15H,6-7,10H2,1-3H3. The number of amides is 1. The number of hydrogen-bond acceptors (Lipinski definition) is 2. The summed E-state index contributed by atoms with van der Waals surface area (Å²) in [6, 6.07) is 8.36. The third kappa shape index (κ3) is 3.75. The maximum absolute atomic E-state index is 12.5. The van der Waals surface area contributed by atoms with Crippen molar-refractivity contribution in [3.8, 4) is 5.75 Å². The molecule has 0 aliphatic heterocycles. The molecule has 20 heavy (non-hydrogen) atoms. The molecule has 0 aromatic heterocycles. The molecule has 0 radical (unpaired) electrons. The highest BCUT2D eigenvalue weighted by Gasteiger charge is 2.35. The molecule has 0 bridgehead atoms. The number of carbonyl (C=O) groups excluding carboxylic acids is 1. The maximum atomic E-state index is 12.5. The van der Waals surface area contributed by atoms with Crippen molar-refractivity contribution in [3.05, 3.63) is 29.8 Å². The molecule has 4 heteroatoms. The zero-order valence-electron chi connectivity index (χ0n) is 12.3. The SMILES string of the molecule is COc1ccc(CN(C(=O)C(Br)C(C)C)C2CC2)cc1. The quantitative estimate of drug-likeness (QED) is 0.741. The summed E-state index contributed by atoms with van der Waals surface area (Å²) in [6.07, 6.45) is 2.25. The summed E-state index contributed by atoms with van der Waals surface area (Å²) in [6.45, 7) is 4.81. The molecule has 1 aromatic carbocycles. The zero-order valence-corrected chi connectivity index (χ0v) is 13.9. The van der Waals surface area contributed by atoms with E-state index in [9.17, 15) is 4.79 Å². The van der Waals surface area contributed by atoms with Gasteiger partial charge >= 0.3 is 0 Å². The molecule has 1 aromatic rings. The zero-order chi connectivity index (χ0) is 14.7. The molecule has 1 aliphatic rings. The highest BCUT2D eigenvalue weighted by Crippen LogP contribution is 2.31. The van der Waals surface area contributed by atoms with Crippen molar-refractivity contribution in [3.63, 3.8) is 0 Å². The van der Waals surface area contributed by atoms with Gasteiger partial charge in [-0.2, -0.15) is 0 Å². The second-order valence-electron chi connectivity index (χ2n) is 5.69. The van der Waals surface area contributed by atoms with Crippen LogP contribution in [0.15, 0.2) is 24.3 Å². The summed E-state index contributed by atoms with van der Waals surface area (Å²) < 4.78 is 5.16. The van der Waals surface area contributed by atoms with Gasteiger partial charge in [-0.3, -0.25) is 4.79 Å². The normalized spacial score (nSPS) is 16.1. The van der Waals surface area contributed by atoms with Gasteiger partial charge in [0.2, 0.25) is 5.91 Å². The highest BCUT2D eigenvalue weighted by atomic mass is 79.9. The lowest BCUT2D eigenvalue weighted by molar-refractivity contribution is -0.132. The van der Waals surface area contributed by atoms with Crippen molar-refractivity contribution >= 4 is 21.8 Å².